The van der Waals surface area contributed by atoms with Gasteiger partial charge in [-0.15, -0.1) is 0 Å². The largest absolute Gasteiger partial charge is 0.459 e. The van der Waals surface area contributed by atoms with Crippen LogP contribution in [0.1, 0.15) is 39.1 Å². The maximum absolute atomic E-state index is 13.4. The van der Waals surface area contributed by atoms with E-state index in [-0.39, 0.29) is 18.2 Å². The molecule has 2 aromatic rings. The van der Waals surface area contributed by atoms with E-state index >= 15 is 0 Å². The number of benzene rings is 2. The third-order valence-corrected chi connectivity index (χ3v) is 8.01. The van der Waals surface area contributed by atoms with Crippen molar-refractivity contribution in [2.45, 2.75) is 36.7 Å². The molecule has 0 radical (unpaired) electrons. The van der Waals surface area contributed by atoms with E-state index in [4.69, 9.17) is 4.74 Å². The van der Waals surface area contributed by atoms with Crippen molar-refractivity contribution in [1.82, 2.24) is 25.8 Å². The van der Waals surface area contributed by atoms with Crippen LogP contribution in [0.2, 0.25) is 0 Å². The molecule has 2 heterocycles. The van der Waals surface area contributed by atoms with Crippen LogP contribution in [-0.2, 0) is 24.9 Å². The van der Waals surface area contributed by atoms with Crippen LogP contribution in [-0.4, -0.2) is 96.6 Å². The average Bonchev–Trinajstić information content (AvgIpc) is 3.48. The highest BCUT2D eigenvalue weighted by atomic mass is 32.2. The Morgan fingerprint density at radius 1 is 1.02 bits per heavy atom. The highest BCUT2D eigenvalue weighted by Gasteiger charge is 2.37. The van der Waals surface area contributed by atoms with Crippen molar-refractivity contribution in [3.8, 4) is 0 Å². The zero-order valence-corrected chi connectivity index (χ0v) is 24.1. The van der Waals surface area contributed by atoms with E-state index in [0.717, 1.165) is 0 Å². The summed E-state index contributed by atoms with van der Waals surface area (Å²) in [5.74, 6) is -2.29. The molecule has 12 nitrogen and oxygen atoms in total. The van der Waals surface area contributed by atoms with Gasteiger partial charge in [-0.3, -0.25) is 24.5 Å². The minimum atomic E-state index is -1.34. The minimum Gasteiger partial charge on any atom is -0.459 e. The van der Waals surface area contributed by atoms with Gasteiger partial charge in [-0.25, -0.2) is 9.59 Å². The third-order valence-electron chi connectivity index (χ3n) is 6.92. The zero-order chi connectivity index (χ0) is 30.2. The summed E-state index contributed by atoms with van der Waals surface area (Å²) in [6, 6.07) is 11.2. The summed E-state index contributed by atoms with van der Waals surface area (Å²) < 4.78 is 5.45. The van der Waals surface area contributed by atoms with Gasteiger partial charge in [-0.1, -0.05) is 36.4 Å². The van der Waals surface area contributed by atoms with Crippen molar-refractivity contribution in [2.75, 3.05) is 33.0 Å². The second-order valence-electron chi connectivity index (χ2n) is 10.1. The summed E-state index contributed by atoms with van der Waals surface area (Å²) in [7, 11) is 3.15. The molecule has 3 atom stereocenters. The van der Waals surface area contributed by atoms with E-state index < -0.39 is 54.5 Å². The Bertz CT molecular complexity index is 1350. The molecule has 2 aromatic carbocycles. The molecule has 2 aliphatic rings. The Kier molecular flexibility index (Phi) is 10.2. The number of nitrogens with zero attached hydrogens (tertiary/aromatic N) is 2. The molecule has 3 N–H and O–H groups in total. The number of likely N-dealkylation sites (N-methyl/N-ethyl adjacent to an activating group) is 1. The number of nitrogens with one attached hydrogen (secondary N) is 3. The maximum atomic E-state index is 13.4. The van der Waals surface area contributed by atoms with Gasteiger partial charge in [0.1, 0.15) is 24.7 Å². The number of fused-ring (bicyclic) bond motifs is 1. The topological polar surface area (TPSA) is 154 Å². The molecular formula is C29H33N5O7S. The van der Waals surface area contributed by atoms with Gasteiger partial charge < -0.3 is 25.2 Å². The van der Waals surface area contributed by atoms with Gasteiger partial charge in [0.15, 0.2) is 0 Å². The fourth-order valence-corrected chi connectivity index (χ4v) is 5.74. The number of likely N-dealkylation sites (tertiary alicyclic amines) is 1. The van der Waals surface area contributed by atoms with Gasteiger partial charge in [0.05, 0.1) is 5.56 Å². The number of thioether (sulfide) groups is 1. The molecule has 0 aromatic heterocycles. The predicted octanol–water partition coefficient (Wildman–Crippen LogP) is 1.16. The number of imide groups is 1. The standard InChI is InChI=1S/C29H33N5O7S/c1-33(2)27(38)22-17-42-16-19-11-6-7-12-20(19)28(39)41-15-21(25(36)31-22)30-26(37)23-13-8-14-34(23)29(40)32-24(35)18-9-4-3-5-10-18/h3-7,9-12,21-23H,8,13-17H2,1-2H3,(H,30,37)(H,31,36)(H,32,35,40)/t21-,22-,23+/m1/s1. The van der Waals surface area contributed by atoms with Crippen LogP contribution in [0, 0.1) is 0 Å². The molecule has 0 saturated carbocycles. The number of ether oxygens (including phenoxy) is 1. The number of urea groups is 1. The number of cyclic esters (lactones) is 1. The van der Waals surface area contributed by atoms with Crippen LogP contribution in [0.3, 0.4) is 0 Å². The van der Waals surface area contributed by atoms with Crippen LogP contribution in [0.5, 0.6) is 0 Å². The number of hydrogen-bond acceptors (Lipinski definition) is 8. The first kappa shape index (κ1) is 30.6. The van der Waals surface area contributed by atoms with E-state index in [1.807, 2.05) is 0 Å². The number of amides is 6. The lowest BCUT2D eigenvalue weighted by molar-refractivity contribution is -0.136. The maximum Gasteiger partial charge on any atom is 0.338 e. The van der Waals surface area contributed by atoms with E-state index in [0.29, 0.717) is 35.3 Å². The normalized spacial score (nSPS) is 21.0. The van der Waals surface area contributed by atoms with Crippen molar-refractivity contribution in [3.63, 3.8) is 0 Å². The van der Waals surface area contributed by atoms with Crippen LogP contribution in [0.4, 0.5) is 4.79 Å². The van der Waals surface area contributed by atoms with Crippen LogP contribution in [0.25, 0.3) is 0 Å². The highest BCUT2D eigenvalue weighted by molar-refractivity contribution is 7.98. The van der Waals surface area contributed by atoms with E-state index in [1.54, 1.807) is 68.7 Å². The average molecular weight is 596 g/mol. The predicted molar refractivity (Wildman–Crippen MR) is 154 cm³/mol. The van der Waals surface area contributed by atoms with E-state index in [2.05, 4.69) is 16.0 Å². The van der Waals surface area contributed by atoms with Crippen molar-refractivity contribution in [1.29, 1.82) is 0 Å². The smallest absolute Gasteiger partial charge is 0.338 e. The Labute approximate surface area is 247 Å². The van der Waals surface area contributed by atoms with Gasteiger partial charge in [-0.2, -0.15) is 11.8 Å². The molecule has 0 spiro atoms. The van der Waals surface area contributed by atoms with Gasteiger partial charge in [-0.05, 0) is 36.6 Å². The summed E-state index contributed by atoms with van der Waals surface area (Å²) in [5, 5.41) is 7.58. The van der Waals surface area contributed by atoms with Gasteiger partial charge in [0.2, 0.25) is 17.7 Å². The van der Waals surface area contributed by atoms with E-state index in [9.17, 15) is 28.8 Å². The number of hydrogen-bond donors (Lipinski definition) is 3. The lowest BCUT2D eigenvalue weighted by atomic mass is 10.1. The van der Waals surface area contributed by atoms with Crippen molar-refractivity contribution < 1.29 is 33.5 Å². The molecule has 0 bridgehead atoms. The summed E-state index contributed by atoms with van der Waals surface area (Å²) in [4.78, 5) is 80.5. The van der Waals surface area contributed by atoms with Crippen LogP contribution < -0.4 is 16.0 Å². The van der Waals surface area contributed by atoms with Gasteiger partial charge in [0.25, 0.3) is 5.91 Å². The first-order valence-electron chi connectivity index (χ1n) is 13.5. The number of rotatable bonds is 4. The Morgan fingerprint density at radius 2 is 1.74 bits per heavy atom. The molecule has 2 aliphatic heterocycles. The SMILES string of the molecule is CN(C)C(=O)[C@H]1CSCc2ccccc2C(=O)OC[C@@H](NC(=O)[C@@H]2CCCN2C(=O)NC(=O)c2ccccc2)C(=O)N1. The summed E-state index contributed by atoms with van der Waals surface area (Å²) in [5.41, 5.74) is 1.33. The lowest BCUT2D eigenvalue weighted by Gasteiger charge is -2.28. The van der Waals surface area contributed by atoms with Crippen LogP contribution >= 0.6 is 11.8 Å². The summed E-state index contributed by atoms with van der Waals surface area (Å²) in [6.45, 7) is -0.266. The van der Waals surface area contributed by atoms with Crippen molar-refractivity contribution in [3.05, 3.63) is 71.3 Å². The molecule has 0 unspecified atom stereocenters. The molecule has 6 amide bonds. The minimum absolute atomic E-state index is 0.227. The molecule has 222 valence electrons. The first-order chi connectivity index (χ1) is 20.2. The second-order valence-corrected chi connectivity index (χ2v) is 11.1. The van der Waals surface area contributed by atoms with E-state index in [1.165, 1.54) is 21.6 Å². The number of carbonyl (C=O) groups is 6. The van der Waals surface area contributed by atoms with Gasteiger partial charge in [0, 0.05) is 37.7 Å². The Hall–Kier alpha value is -4.39. The second kappa shape index (κ2) is 14.0. The summed E-state index contributed by atoms with van der Waals surface area (Å²) >= 11 is 1.37. The molecule has 1 fully saturated rings. The quantitative estimate of drug-likeness (QED) is 0.445. The third kappa shape index (κ3) is 7.46. The molecular weight excluding hydrogens is 562 g/mol. The molecule has 42 heavy (non-hydrogen) atoms. The van der Waals surface area contributed by atoms with Crippen molar-refractivity contribution >= 4 is 47.4 Å². The lowest BCUT2D eigenvalue weighted by Crippen LogP contribution is -2.59. The Balaban J connectivity index is 1.50. The zero-order valence-electron chi connectivity index (χ0n) is 23.3. The van der Waals surface area contributed by atoms with Crippen LogP contribution in [0.15, 0.2) is 54.6 Å². The van der Waals surface area contributed by atoms with Crippen molar-refractivity contribution in [2.24, 2.45) is 0 Å². The molecule has 0 aliphatic carbocycles. The molecule has 13 heteroatoms. The Morgan fingerprint density at radius 3 is 2.48 bits per heavy atom. The highest BCUT2D eigenvalue weighted by Crippen LogP contribution is 2.21. The first-order valence-corrected chi connectivity index (χ1v) is 14.6. The number of esters is 1. The summed E-state index contributed by atoms with van der Waals surface area (Å²) in [6.07, 6.45) is 0.808. The van der Waals surface area contributed by atoms with Gasteiger partial charge >= 0.3 is 12.0 Å². The number of carbonyl (C=O) groups excluding carboxylic acids is 6. The molecule has 4 rings (SSSR count). The monoisotopic (exact) mass is 595 g/mol. The fourth-order valence-electron chi connectivity index (χ4n) is 4.69. The fraction of sp³-hybridized carbons (Fsp3) is 0.379. The molecule has 1 saturated heterocycles.